The van der Waals surface area contributed by atoms with Crippen LogP contribution >= 0.6 is 0 Å². The lowest BCUT2D eigenvalue weighted by atomic mass is 9.93. The minimum Gasteiger partial charge on any atom is -0.365 e. The Labute approximate surface area is 121 Å². The van der Waals surface area contributed by atoms with Gasteiger partial charge in [-0.15, -0.1) is 0 Å². The molecule has 0 aromatic carbocycles. The highest BCUT2D eigenvalue weighted by atomic mass is 19.4. The number of alkyl halides is 3. The third-order valence-electron chi connectivity index (χ3n) is 3.01. The first-order valence-corrected chi connectivity index (χ1v) is 6.27. The van der Waals surface area contributed by atoms with Crippen LogP contribution in [0.15, 0.2) is 12.1 Å². The van der Waals surface area contributed by atoms with Gasteiger partial charge in [-0.1, -0.05) is 13.8 Å². The largest absolute Gasteiger partial charge is 0.433 e. The van der Waals surface area contributed by atoms with E-state index in [1.165, 1.54) is 4.90 Å². The van der Waals surface area contributed by atoms with Crippen molar-refractivity contribution in [2.24, 2.45) is 16.9 Å². The van der Waals surface area contributed by atoms with E-state index in [0.29, 0.717) is 13.1 Å². The minimum atomic E-state index is -4.59. The van der Waals surface area contributed by atoms with Crippen molar-refractivity contribution in [1.82, 2.24) is 4.98 Å². The molecule has 0 fully saturated rings. The molecule has 0 radical (unpaired) electrons. The summed E-state index contributed by atoms with van der Waals surface area (Å²) in [5.74, 6) is -0.928. The van der Waals surface area contributed by atoms with E-state index in [4.69, 9.17) is 11.5 Å². The second kappa shape index (κ2) is 5.88. The monoisotopic (exact) mass is 304 g/mol. The normalized spacial score (nSPS) is 12.3. The topological polar surface area (TPSA) is 85.2 Å². The highest BCUT2D eigenvalue weighted by molar-refractivity contribution is 5.97. The summed E-state index contributed by atoms with van der Waals surface area (Å²) in [6, 6.07) is 1.78. The molecule has 0 unspecified atom stereocenters. The first-order valence-electron chi connectivity index (χ1n) is 6.27. The molecule has 118 valence electrons. The molecule has 0 saturated heterocycles. The number of halogens is 3. The Kier molecular flexibility index (Phi) is 4.83. The van der Waals surface area contributed by atoms with Crippen molar-refractivity contribution in [3.8, 4) is 0 Å². The molecule has 1 heterocycles. The number of primary amides is 1. The molecule has 4 N–H and O–H groups in total. The van der Waals surface area contributed by atoms with Gasteiger partial charge in [0.1, 0.15) is 11.5 Å². The number of carbonyl (C=O) groups is 1. The van der Waals surface area contributed by atoms with Gasteiger partial charge in [-0.2, -0.15) is 13.2 Å². The number of carbonyl (C=O) groups excluding carboxylic acids is 1. The Hall–Kier alpha value is -1.83. The van der Waals surface area contributed by atoms with Gasteiger partial charge in [-0.25, -0.2) is 4.98 Å². The fraction of sp³-hybridized carbons (Fsp3) is 0.538. The Balaban J connectivity index is 3.27. The Morgan fingerprint density at radius 2 is 1.90 bits per heavy atom. The number of hydrogen-bond donors (Lipinski definition) is 2. The highest BCUT2D eigenvalue weighted by Gasteiger charge is 2.34. The van der Waals surface area contributed by atoms with Crippen LogP contribution < -0.4 is 16.4 Å². The summed E-state index contributed by atoms with van der Waals surface area (Å²) in [6.07, 6.45) is -4.59. The molecule has 0 saturated carbocycles. The lowest BCUT2D eigenvalue weighted by molar-refractivity contribution is -0.141. The maximum atomic E-state index is 12.8. The van der Waals surface area contributed by atoms with E-state index in [-0.39, 0.29) is 16.8 Å². The Morgan fingerprint density at radius 3 is 2.33 bits per heavy atom. The molecule has 1 aromatic rings. The number of nitrogens with zero attached hydrogens (tertiary/aromatic N) is 2. The van der Waals surface area contributed by atoms with Crippen molar-refractivity contribution in [3.05, 3.63) is 23.4 Å². The molecule has 0 aliphatic rings. The van der Waals surface area contributed by atoms with Crippen molar-refractivity contribution in [2.45, 2.75) is 20.0 Å². The minimum absolute atomic E-state index is 0.0571. The second-order valence-corrected chi connectivity index (χ2v) is 5.65. The first kappa shape index (κ1) is 17.2. The molecule has 0 bridgehead atoms. The van der Waals surface area contributed by atoms with Gasteiger partial charge in [-0.3, -0.25) is 4.79 Å². The molecular weight excluding hydrogens is 285 g/mol. The van der Waals surface area contributed by atoms with E-state index in [9.17, 15) is 18.0 Å². The van der Waals surface area contributed by atoms with Crippen LogP contribution in [0.2, 0.25) is 0 Å². The maximum absolute atomic E-state index is 12.8. The summed E-state index contributed by atoms with van der Waals surface area (Å²) < 4.78 is 38.3. The molecule has 21 heavy (non-hydrogen) atoms. The zero-order valence-corrected chi connectivity index (χ0v) is 12.2. The predicted octanol–water partition coefficient (Wildman–Crippen LogP) is 1.62. The molecule has 1 aromatic heterocycles. The van der Waals surface area contributed by atoms with Crippen LogP contribution in [0.1, 0.15) is 29.9 Å². The van der Waals surface area contributed by atoms with E-state index in [2.05, 4.69) is 4.98 Å². The fourth-order valence-corrected chi connectivity index (χ4v) is 1.87. The van der Waals surface area contributed by atoms with Crippen molar-refractivity contribution in [3.63, 3.8) is 0 Å². The summed E-state index contributed by atoms with van der Waals surface area (Å²) in [6.45, 7) is 4.39. The van der Waals surface area contributed by atoms with Gasteiger partial charge in [0.2, 0.25) is 0 Å². The van der Waals surface area contributed by atoms with Gasteiger partial charge in [-0.05, 0) is 24.1 Å². The van der Waals surface area contributed by atoms with E-state index < -0.39 is 17.8 Å². The average molecular weight is 304 g/mol. The molecule has 1 rings (SSSR count). The van der Waals surface area contributed by atoms with Crippen molar-refractivity contribution in [2.75, 3.05) is 25.0 Å². The smallest absolute Gasteiger partial charge is 0.365 e. The molecule has 0 aliphatic heterocycles. The van der Waals surface area contributed by atoms with E-state index in [1.54, 1.807) is 7.05 Å². The molecule has 1 amide bonds. The molecule has 8 heteroatoms. The summed E-state index contributed by atoms with van der Waals surface area (Å²) in [7, 11) is 1.55. The molecule has 0 spiro atoms. The van der Waals surface area contributed by atoms with Gasteiger partial charge in [0.15, 0.2) is 0 Å². The third-order valence-corrected chi connectivity index (χ3v) is 3.01. The van der Waals surface area contributed by atoms with E-state index in [0.717, 1.165) is 12.1 Å². The number of amides is 1. The number of hydrogen-bond acceptors (Lipinski definition) is 4. The number of aromatic nitrogens is 1. The summed E-state index contributed by atoms with van der Waals surface area (Å²) in [4.78, 5) is 16.4. The standard InChI is InChI=1S/C13H19F3N4O/c1-12(2,6-17)7-20(3)11-8(10(18)21)4-5-9(19-11)13(14,15)16/h4-5H,6-7,17H2,1-3H3,(H2,18,21). The van der Waals surface area contributed by atoms with Gasteiger partial charge < -0.3 is 16.4 Å². The number of nitrogens with two attached hydrogens (primary N) is 2. The molecule has 5 nitrogen and oxygen atoms in total. The zero-order valence-electron chi connectivity index (χ0n) is 12.2. The van der Waals surface area contributed by atoms with Crippen LogP contribution in [0.4, 0.5) is 19.0 Å². The number of pyridine rings is 1. The fourth-order valence-electron chi connectivity index (χ4n) is 1.87. The van der Waals surface area contributed by atoms with Crippen molar-refractivity contribution >= 4 is 11.7 Å². The van der Waals surface area contributed by atoms with Crippen molar-refractivity contribution in [1.29, 1.82) is 0 Å². The first-order chi connectivity index (χ1) is 9.48. The summed E-state index contributed by atoms with van der Waals surface area (Å²) in [5, 5.41) is 0. The SMILES string of the molecule is CN(CC(C)(C)CN)c1nc(C(F)(F)F)ccc1C(N)=O. The number of anilines is 1. The summed E-state index contributed by atoms with van der Waals surface area (Å²) >= 11 is 0. The van der Waals surface area contributed by atoms with Crippen molar-refractivity contribution < 1.29 is 18.0 Å². The Morgan fingerprint density at radius 1 is 1.33 bits per heavy atom. The van der Waals surface area contributed by atoms with Gasteiger partial charge in [0, 0.05) is 13.6 Å². The van der Waals surface area contributed by atoms with Crippen LogP contribution in [-0.2, 0) is 6.18 Å². The third kappa shape index (κ3) is 4.32. The second-order valence-electron chi connectivity index (χ2n) is 5.65. The van der Waals surface area contributed by atoms with Crippen LogP contribution in [0.3, 0.4) is 0 Å². The number of rotatable bonds is 5. The zero-order chi connectivity index (χ0) is 16.4. The predicted molar refractivity (Wildman–Crippen MR) is 73.9 cm³/mol. The lowest BCUT2D eigenvalue weighted by Gasteiger charge is -2.30. The molecular formula is C13H19F3N4O. The average Bonchev–Trinajstić information content (AvgIpc) is 2.36. The van der Waals surface area contributed by atoms with Crippen LogP contribution in [-0.4, -0.2) is 31.0 Å². The summed E-state index contributed by atoms with van der Waals surface area (Å²) in [5.41, 5.74) is 9.33. The maximum Gasteiger partial charge on any atom is 0.433 e. The van der Waals surface area contributed by atoms with Crippen LogP contribution in [0, 0.1) is 5.41 Å². The van der Waals surface area contributed by atoms with Gasteiger partial charge >= 0.3 is 6.18 Å². The molecule has 0 aliphatic carbocycles. The Bertz CT molecular complexity index is 529. The van der Waals surface area contributed by atoms with E-state index in [1.807, 2.05) is 13.8 Å². The van der Waals surface area contributed by atoms with Crippen LogP contribution in [0.5, 0.6) is 0 Å². The van der Waals surface area contributed by atoms with Crippen LogP contribution in [0.25, 0.3) is 0 Å². The highest BCUT2D eigenvalue weighted by Crippen LogP contribution is 2.31. The van der Waals surface area contributed by atoms with Gasteiger partial charge in [0.25, 0.3) is 5.91 Å². The van der Waals surface area contributed by atoms with Gasteiger partial charge in [0.05, 0.1) is 5.56 Å². The van der Waals surface area contributed by atoms with E-state index >= 15 is 0 Å². The quantitative estimate of drug-likeness (QED) is 0.865. The lowest BCUT2D eigenvalue weighted by Crippen LogP contribution is -2.38. The molecule has 0 atom stereocenters.